The monoisotopic (exact) mass is 238 g/mol. The van der Waals surface area contributed by atoms with Crippen molar-refractivity contribution in [2.45, 2.75) is 46.1 Å². The summed E-state index contributed by atoms with van der Waals surface area (Å²) in [5.41, 5.74) is 6.56. The van der Waals surface area contributed by atoms with Gasteiger partial charge in [-0.05, 0) is 43.6 Å². The van der Waals surface area contributed by atoms with Crippen molar-refractivity contribution in [3.05, 3.63) is 12.7 Å². The summed E-state index contributed by atoms with van der Waals surface area (Å²) in [6.07, 6.45) is 5.54. The Bertz CT molecular complexity index is 247. The quantitative estimate of drug-likeness (QED) is 0.746. The van der Waals surface area contributed by atoms with E-state index in [1.54, 1.807) is 0 Å². The molecular weight excluding hydrogens is 208 g/mol. The molecule has 0 spiro atoms. The lowest BCUT2D eigenvalue weighted by atomic mass is 9.61. The summed E-state index contributed by atoms with van der Waals surface area (Å²) in [6, 6.07) is 0.389. The zero-order valence-electron chi connectivity index (χ0n) is 12.1. The predicted octanol–water partition coefficient (Wildman–Crippen LogP) is 2.89. The third kappa shape index (κ3) is 3.56. The molecular formula is C15H30N2. The van der Waals surface area contributed by atoms with Crippen LogP contribution in [0.1, 0.15) is 40.0 Å². The number of hydrogen-bond donors (Lipinski definition) is 1. The van der Waals surface area contributed by atoms with Crippen LogP contribution in [0.15, 0.2) is 12.7 Å². The van der Waals surface area contributed by atoms with Gasteiger partial charge in [-0.15, -0.1) is 6.58 Å². The van der Waals surface area contributed by atoms with Crippen molar-refractivity contribution >= 4 is 0 Å². The van der Waals surface area contributed by atoms with Crippen LogP contribution >= 0.6 is 0 Å². The zero-order chi connectivity index (χ0) is 13.1. The minimum absolute atomic E-state index is 0.361. The first-order chi connectivity index (χ1) is 7.89. The second kappa shape index (κ2) is 6.01. The van der Waals surface area contributed by atoms with Gasteiger partial charge in [-0.2, -0.15) is 0 Å². The number of nitrogens with two attached hydrogens (primary N) is 1. The van der Waals surface area contributed by atoms with E-state index in [4.69, 9.17) is 5.73 Å². The highest BCUT2D eigenvalue weighted by molar-refractivity contribution is 4.94. The number of nitrogens with zero attached hydrogens (tertiary/aromatic N) is 1. The lowest BCUT2D eigenvalue weighted by Crippen LogP contribution is -2.49. The van der Waals surface area contributed by atoms with Gasteiger partial charge in [0.2, 0.25) is 0 Å². The molecule has 2 nitrogen and oxygen atoms in total. The molecule has 0 amide bonds. The zero-order valence-corrected chi connectivity index (χ0v) is 12.1. The van der Waals surface area contributed by atoms with E-state index in [2.05, 4.69) is 39.3 Å². The van der Waals surface area contributed by atoms with Crippen molar-refractivity contribution in [1.82, 2.24) is 4.90 Å². The van der Waals surface area contributed by atoms with E-state index in [9.17, 15) is 0 Å². The van der Waals surface area contributed by atoms with Crippen LogP contribution < -0.4 is 5.73 Å². The molecule has 2 heteroatoms. The molecule has 0 aromatic carbocycles. The van der Waals surface area contributed by atoms with Crippen LogP contribution in [0.25, 0.3) is 0 Å². The lowest BCUT2D eigenvalue weighted by Gasteiger charge is -2.48. The van der Waals surface area contributed by atoms with Gasteiger partial charge in [-0.1, -0.05) is 26.8 Å². The Morgan fingerprint density at radius 3 is 2.65 bits per heavy atom. The van der Waals surface area contributed by atoms with Crippen LogP contribution in [0.5, 0.6) is 0 Å². The molecule has 0 bridgehead atoms. The lowest BCUT2D eigenvalue weighted by molar-refractivity contribution is 0.0341. The summed E-state index contributed by atoms with van der Waals surface area (Å²) in [5.74, 6) is 1.39. The molecule has 1 aliphatic rings. The summed E-state index contributed by atoms with van der Waals surface area (Å²) in [4.78, 5) is 2.44. The van der Waals surface area contributed by atoms with E-state index >= 15 is 0 Å². The fraction of sp³-hybridized carbons (Fsp3) is 0.867. The summed E-state index contributed by atoms with van der Waals surface area (Å²) in [6.45, 7) is 13.2. The summed E-state index contributed by atoms with van der Waals surface area (Å²) in [5, 5.41) is 0. The maximum absolute atomic E-state index is 6.20. The largest absolute Gasteiger partial charge is 0.327 e. The molecule has 0 radical (unpaired) electrons. The van der Waals surface area contributed by atoms with E-state index in [-0.39, 0.29) is 0 Å². The Morgan fingerprint density at radius 2 is 2.06 bits per heavy atom. The Hall–Kier alpha value is -0.340. The van der Waals surface area contributed by atoms with Crippen LogP contribution in [0.2, 0.25) is 0 Å². The van der Waals surface area contributed by atoms with Crippen LogP contribution in [0.4, 0.5) is 0 Å². The van der Waals surface area contributed by atoms with E-state index in [1.165, 1.54) is 19.4 Å². The molecule has 3 atom stereocenters. The predicted molar refractivity (Wildman–Crippen MR) is 76.0 cm³/mol. The number of hydrogen-bond acceptors (Lipinski definition) is 2. The highest BCUT2D eigenvalue weighted by Gasteiger charge is 2.41. The first kappa shape index (κ1) is 14.7. The Balaban J connectivity index is 2.55. The molecule has 0 aliphatic heterocycles. The minimum atomic E-state index is 0.361. The van der Waals surface area contributed by atoms with Gasteiger partial charge in [-0.3, -0.25) is 0 Å². The van der Waals surface area contributed by atoms with Crippen molar-refractivity contribution in [3.63, 3.8) is 0 Å². The molecule has 0 aromatic heterocycles. The fourth-order valence-corrected chi connectivity index (χ4v) is 3.04. The minimum Gasteiger partial charge on any atom is -0.327 e. The SMILES string of the molecule is C=CCCN(C)CC1CCC(N)C(C)C1(C)C. The standard InChI is InChI=1S/C15H30N2/c1-6-7-10-17(5)11-13-8-9-14(16)12(2)15(13,3)4/h6,12-14H,1,7-11,16H2,2-5H3. The smallest absolute Gasteiger partial charge is 0.00698 e. The first-order valence-corrected chi connectivity index (χ1v) is 6.94. The average molecular weight is 238 g/mol. The molecule has 1 aliphatic carbocycles. The van der Waals surface area contributed by atoms with Crippen LogP contribution in [0, 0.1) is 17.3 Å². The van der Waals surface area contributed by atoms with Crippen molar-refractivity contribution in [2.75, 3.05) is 20.1 Å². The van der Waals surface area contributed by atoms with E-state index < -0.39 is 0 Å². The molecule has 2 N–H and O–H groups in total. The van der Waals surface area contributed by atoms with Gasteiger partial charge < -0.3 is 10.6 Å². The van der Waals surface area contributed by atoms with E-state index in [0.29, 0.717) is 17.4 Å². The molecule has 3 unspecified atom stereocenters. The van der Waals surface area contributed by atoms with Gasteiger partial charge in [0.1, 0.15) is 0 Å². The van der Waals surface area contributed by atoms with Crippen LogP contribution in [0.3, 0.4) is 0 Å². The first-order valence-electron chi connectivity index (χ1n) is 6.94. The van der Waals surface area contributed by atoms with Crippen LogP contribution in [-0.4, -0.2) is 31.1 Å². The molecule has 0 saturated heterocycles. The summed E-state index contributed by atoms with van der Waals surface area (Å²) >= 11 is 0. The van der Waals surface area contributed by atoms with Crippen molar-refractivity contribution < 1.29 is 0 Å². The normalized spacial score (nSPS) is 32.7. The maximum atomic E-state index is 6.20. The number of rotatable bonds is 5. The molecule has 0 aromatic rings. The topological polar surface area (TPSA) is 29.3 Å². The van der Waals surface area contributed by atoms with Gasteiger partial charge >= 0.3 is 0 Å². The molecule has 100 valence electrons. The van der Waals surface area contributed by atoms with Gasteiger partial charge in [0, 0.05) is 19.1 Å². The Kier molecular flexibility index (Phi) is 5.21. The van der Waals surface area contributed by atoms with Gasteiger partial charge in [-0.25, -0.2) is 0 Å². The van der Waals surface area contributed by atoms with E-state index in [1.807, 2.05) is 6.08 Å². The summed E-state index contributed by atoms with van der Waals surface area (Å²) < 4.78 is 0. The van der Waals surface area contributed by atoms with Crippen molar-refractivity contribution in [1.29, 1.82) is 0 Å². The molecule has 1 rings (SSSR count). The maximum Gasteiger partial charge on any atom is 0.00698 e. The van der Waals surface area contributed by atoms with Crippen LogP contribution in [-0.2, 0) is 0 Å². The van der Waals surface area contributed by atoms with Crippen molar-refractivity contribution in [3.8, 4) is 0 Å². The van der Waals surface area contributed by atoms with E-state index in [0.717, 1.165) is 18.9 Å². The average Bonchev–Trinajstić information content (AvgIpc) is 2.28. The third-order valence-corrected chi connectivity index (χ3v) is 4.96. The third-order valence-electron chi connectivity index (χ3n) is 4.96. The van der Waals surface area contributed by atoms with Gasteiger partial charge in [0.15, 0.2) is 0 Å². The fourth-order valence-electron chi connectivity index (χ4n) is 3.04. The summed E-state index contributed by atoms with van der Waals surface area (Å²) in [7, 11) is 2.22. The second-order valence-electron chi connectivity index (χ2n) is 6.39. The van der Waals surface area contributed by atoms with Gasteiger partial charge in [0.25, 0.3) is 0 Å². The molecule has 1 fully saturated rings. The highest BCUT2D eigenvalue weighted by Crippen LogP contribution is 2.44. The molecule has 17 heavy (non-hydrogen) atoms. The molecule has 0 heterocycles. The van der Waals surface area contributed by atoms with Crippen molar-refractivity contribution in [2.24, 2.45) is 23.0 Å². The second-order valence-corrected chi connectivity index (χ2v) is 6.39. The Morgan fingerprint density at radius 1 is 1.41 bits per heavy atom. The highest BCUT2D eigenvalue weighted by atomic mass is 15.1. The molecule has 1 saturated carbocycles. The van der Waals surface area contributed by atoms with Gasteiger partial charge in [0.05, 0.1) is 0 Å². The Labute approximate surface area is 107 Å².